The molecule has 3 unspecified atom stereocenters. The first kappa shape index (κ1) is 26.7. The number of epoxide rings is 1. The second kappa shape index (κ2) is 9.11. The quantitative estimate of drug-likeness (QED) is 0.244. The lowest BCUT2D eigenvalue weighted by Gasteiger charge is -2.60. The van der Waals surface area contributed by atoms with Gasteiger partial charge in [0.05, 0.1) is 6.10 Å². The van der Waals surface area contributed by atoms with Gasteiger partial charge in [0.25, 0.3) is 0 Å². The maximum absolute atomic E-state index is 6.80. The van der Waals surface area contributed by atoms with Gasteiger partial charge >= 0.3 is 0 Å². The third-order valence-corrected chi connectivity index (χ3v) is 13.8. The van der Waals surface area contributed by atoms with Gasteiger partial charge in [-0.05, 0) is 118 Å². The maximum Gasteiger partial charge on any atom is 0.184 e. The Morgan fingerprint density at radius 2 is 1.69 bits per heavy atom. The summed E-state index contributed by atoms with van der Waals surface area (Å²) >= 11 is 0. The SMILES string of the molecule is CC[C@H](CC[C@@H](C)[C@H]1CCC2C3C[C@@H]4O[C@@]45C[C@@H](O[Si](C)(C)C)CC[C@]5(C)C3CC[C@@]21C)C(C)C. The van der Waals surface area contributed by atoms with E-state index in [4.69, 9.17) is 9.16 Å². The molecule has 0 radical (unpaired) electrons. The van der Waals surface area contributed by atoms with Gasteiger partial charge in [0.15, 0.2) is 8.32 Å². The second-order valence-electron chi connectivity index (χ2n) is 15.8. The van der Waals surface area contributed by atoms with Gasteiger partial charge < -0.3 is 9.16 Å². The Bertz CT molecular complexity index is 774. The first-order valence-electron chi connectivity index (χ1n) is 15.7. The minimum atomic E-state index is -1.50. The van der Waals surface area contributed by atoms with Crippen LogP contribution in [0.4, 0.5) is 0 Å². The zero-order chi connectivity index (χ0) is 25.4. The third-order valence-electron chi connectivity index (χ3n) is 12.8. The van der Waals surface area contributed by atoms with Crippen molar-refractivity contribution in [2.45, 2.75) is 150 Å². The molecule has 0 bridgehead atoms. The van der Waals surface area contributed by atoms with Crippen LogP contribution in [0.1, 0.15) is 112 Å². The van der Waals surface area contributed by atoms with E-state index in [1.165, 1.54) is 70.6 Å². The van der Waals surface area contributed by atoms with Gasteiger partial charge in [-0.2, -0.15) is 0 Å². The lowest BCUT2D eigenvalue weighted by atomic mass is 9.44. The average molecular weight is 503 g/mol. The van der Waals surface area contributed by atoms with Crippen LogP contribution < -0.4 is 0 Å². The lowest BCUT2D eigenvalue weighted by Crippen LogP contribution is -2.59. The van der Waals surface area contributed by atoms with Crippen LogP contribution in [-0.4, -0.2) is 26.1 Å². The topological polar surface area (TPSA) is 21.8 Å². The number of hydrogen-bond donors (Lipinski definition) is 0. The highest BCUT2D eigenvalue weighted by Crippen LogP contribution is 2.74. The van der Waals surface area contributed by atoms with Crippen LogP contribution in [0.3, 0.4) is 0 Å². The number of ether oxygens (including phenoxy) is 1. The van der Waals surface area contributed by atoms with E-state index in [1.807, 2.05) is 0 Å². The Hall–Kier alpha value is 0.137. The molecule has 1 spiro atoms. The summed E-state index contributed by atoms with van der Waals surface area (Å²) in [5.74, 6) is 6.31. The number of fused-ring (bicyclic) bond motifs is 4. The van der Waals surface area contributed by atoms with Crippen LogP contribution in [0.25, 0.3) is 0 Å². The van der Waals surface area contributed by atoms with Crippen molar-refractivity contribution in [3.63, 3.8) is 0 Å². The van der Waals surface area contributed by atoms with Crippen LogP contribution in [-0.2, 0) is 9.16 Å². The highest BCUT2D eigenvalue weighted by Gasteiger charge is 2.76. The molecule has 1 saturated heterocycles. The molecular weight excluding hydrogens is 444 g/mol. The normalized spacial score (nSPS) is 48.5. The van der Waals surface area contributed by atoms with E-state index in [-0.39, 0.29) is 5.60 Å². The van der Waals surface area contributed by atoms with Gasteiger partial charge in [0.1, 0.15) is 5.60 Å². The predicted octanol–water partition coefficient (Wildman–Crippen LogP) is 9.10. The summed E-state index contributed by atoms with van der Waals surface area (Å²) in [4.78, 5) is 0. The van der Waals surface area contributed by atoms with Crippen molar-refractivity contribution in [2.24, 2.45) is 52.3 Å². The summed E-state index contributed by atoms with van der Waals surface area (Å²) in [6, 6.07) is 0. The Morgan fingerprint density at radius 1 is 0.943 bits per heavy atom. The summed E-state index contributed by atoms with van der Waals surface area (Å²) in [5, 5.41) is 0. The zero-order valence-electron chi connectivity index (χ0n) is 24.8. The summed E-state index contributed by atoms with van der Waals surface area (Å²) < 4.78 is 13.4. The first-order chi connectivity index (χ1) is 16.3. The molecule has 4 aliphatic carbocycles. The van der Waals surface area contributed by atoms with Gasteiger partial charge in [-0.25, -0.2) is 0 Å². The largest absolute Gasteiger partial charge is 0.415 e. The predicted molar refractivity (Wildman–Crippen MR) is 150 cm³/mol. The monoisotopic (exact) mass is 502 g/mol. The fourth-order valence-electron chi connectivity index (χ4n) is 10.9. The molecule has 0 N–H and O–H groups in total. The van der Waals surface area contributed by atoms with E-state index in [9.17, 15) is 0 Å². The van der Waals surface area contributed by atoms with Gasteiger partial charge in [-0.15, -0.1) is 0 Å². The highest BCUT2D eigenvalue weighted by molar-refractivity contribution is 6.69. The number of rotatable bonds is 8. The van der Waals surface area contributed by atoms with Crippen molar-refractivity contribution < 1.29 is 9.16 Å². The fourth-order valence-corrected chi connectivity index (χ4v) is 12.1. The Morgan fingerprint density at radius 3 is 2.34 bits per heavy atom. The Labute approximate surface area is 219 Å². The van der Waals surface area contributed by atoms with Crippen molar-refractivity contribution in [1.82, 2.24) is 0 Å². The van der Waals surface area contributed by atoms with Gasteiger partial charge in [0, 0.05) is 17.9 Å². The molecule has 0 aromatic rings. The fraction of sp³-hybridized carbons (Fsp3) is 1.00. The van der Waals surface area contributed by atoms with E-state index in [1.54, 1.807) is 0 Å². The van der Waals surface area contributed by atoms with Crippen molar-refractivity contribution >= 4 is 8.32 Å². The molecule has 0 aromatic heterocycles. The molecule has 11 atom stereocenters. The van der Waals surface area contributed by atoms with Crippen molar-refractivity contribution in [3.8, 4) is 0 Å². The average Bonchev–Trinajstić information content (AvgIpc) is 3.34. The molecule has 1 aliphatic heterocycles. The van der Waals surface area contributed by atoms with Gasteiger partial charge in [0.2, 0.25) is 0 Å². The molecule has 5 rings (SSSR count). The molecule has 3 heteroatoms. The molecule has 2 nitrogen and oxygen atoms in total. The van der Waals surface area contributed by atoms with Crippen LogP contribution in [0.15, 0.2) is 0 Å². The molecule has 0 amide bonds. The molecule has 5 aliphatic rings. The Kier molecular flexibility index (Phi) is 6.96. The maximum atomic E-state index is 6.80. The minimum absolute atomic E-state index is 0.155. The van der Waals surface area contributed by atoms with E-state index in [2.05, 4.69) is 61.2 Å². The first-order valence-corrected chi connectivity index (χ1v) is 19.1. The van der Waals surface area contributed by atoms with Crippen molar-refractivity contribution in [3.05, 3.63) is 0 Å². The van der Waals surface area contributed by atoms with E-state index in [0.29, 0.717) is 23.0 Å². The molecule has 4 saturated carbocycles. The second-order valence-corrected chi connectivity index (χ2v) is 20.3. The Balaban J connectivity index is 1.28. The van der Waals surface area contributed by atoms with Crippen molar-refractivity contribution in [2.75, 3.05) is 0 Å². The molecule has 0 aromatic carbocycles. The molecular formula is C32H58O2Si. The molecule has 5 fully saturated rings. The lowest BCUT2D eigenvalue weighted by molar-refractivity contribution is -0.114. The van der Waals surface area contributed by atoms with Gasteiger partial charge in [-0.1, -0.05) is 54.4 Å². The van der Waals surface area contributed by atoms with Crippen LogP contribution in [0.5, 0.6) is 0 Å². The number of hydrogen-bond acceptors (Lipinski definition) is 2. The van der Waals surface area contributed by atoms with E-state index < -0.39 is 8.32 Å². The highest BCUT2D eigenvalue weighted by atomic mass is 28.4. The van der Waals surface area contributed by atoms with Crippen LogP contribution >= 0.6 is 0 Å². The standard InChI is InChI=1S/C32H58O2Si/c1-10-23(21(2)3)12-11-22(4)26-13-14-27-25-19-29-32(33-29)20-24(34-35(7,8)9)15-18-31(32,6)28(25)16-17-30(26,27)5/h21-29H,10-20H2,1-9H3/t22-,23-,24+,25?,26-,27?,28?,29+,30-,31-,32+/m1/s1. The van der Waals surface area contributed by atoms with Crippen molar-refractivity contribution in [1.29, 1.82) is 0 Å². The van der Waals surface area contributed by atoms with Crippen LogP contribution in [0.2, 0.25) is 19.6 Å². The summed E-state index contributed by atoms with van der Waals surface area (Å²) in [6.07, 6.45) is 16.2. The molecule has 1 heterocycles. The third kappa shape index (κ3) is 4.34. The summed E-state index contributed by atoms with van der Waals surface area (Å²) in [6.45, 7) is 22.3. The smallest absolute Gasteiger partial charge is 0.184 e. The van der Waals surface area contributed by atoms with E-state index in [0.717, 1.165) is 41.4 Å². The van der Waals surface area contributed by atoms with Gasteiger partial charge in [-0.3, -0.25) is 0 Å². The molecule has 35 heavy (non-hydrogen) atoms. The minimum Gasteiger partial charge on any atom is -0.415 e. The molecule has 202 valence electrons. The zero-order valence-corrected chi connectivity index (χ0v) is 25.8. The van der Waals surface area contributed by atoms with Crippen LogP contribution in [0, 0.1) is 52.3 Å². The van der Waals surface area contributed by atoms with E-state index >= 15 is 0 Å². The summed E-state index contributed by atoms with van der Waals surface area (Å²) in [5.41, 5.74) is 1.11. The summed E-state index contributed by atoms with van der Waals surface area (Å²) in [7, 11) is -1.50.